The molecule has 0 fully saturated rings. The number of fused-ring (bicyclic) bond motifs is 1. The van der Waals surface area contributed by atoms with Crippen molar-refractivity contribution in [3.8, 4) is 0 Å². The molecule has 0 bridgehead atoms. The lowest BCUT2D eigenvalue weighted by molar-refractivity contribution is -0.149. The Hall–Kier alpha value is -3.41. The Morgan fingerprint density at radius 1 is 1.37 bits per heavy atom. The van der Waals surface area contributed by atoms with Crippen LogP contribution in [0.15, 0.2) is 22.9 Å². The highest BCUT2D eigenvalue weighted by atomic mass is 16.6. The second-order valence-electron chi connectivity index (χ2n) is 6.76. The summed E-state index contributed by atoms with van der Waals surface area (Å²) in [5.74, 6) is -1.09. The third-order valence-corrected chi connectivity index (χ3v) is 4.03. The Balaban J connectivity index is 1.84. The summed E-state index contributed by atoms with van der Waals surface area (Å²) >= 11 is 0. The summed E-state index contributed by atoms with van der Waals surface area (Å²) < 4.78 is 16.8. The molecule has 12 nitrogen and oxygen atoms in total. The zero-order valence-corrected chi connectivity index (χ0v) is 17.3. The van der Waals surface area contributed by atoms with Gasteiger partial charge in [0.25, 0.3) is 5.56 Å². The molecule has 0 saturated heterocycles. The minimum atomic E-state index is -0.637. The Kier molecular flexibility index (Phi) is 7.92. The van der Waals surface area contributed by atoms with Crippen LogP contribution in [-0.4, -0.2) is 57.8 Å². The van der Waals surface area contributed by atoms with Crippen LogP contribution >= 0.6 is 0 Å². The lowest BCUT2D eigenvalue weighted by Gasteiger charge is -2.22. The number of hydrogen-bond acceptors (Lipinski definition) is 10. The molecule has 0 spiro atoms. The number of nitrogen functional groups attached to an aromatic ring is 1. The van der Waals surface area contributed by atoms with E-state index in [9.17, 15) is 14.4 Å². The molecule has 1 atom stereocenters. The highest BCUT2D eigenvalue weighted by molar-refractivity contribution is 5.83. The standard InChI is InChI=1S/C18H26N6O6/c1-10(2)13(21-11(3)7-12(25)28-4)17(27)30-6-5-29-9-24-8-20-14-15(24)22-18(19)23-16(14)26/h7-8,10,13,21H,5-6,9H2,1-4H3,(H3,19,22,23,26)/b11-7+/t13-/m0/s1. The number of nitrogens with two attached hydrogens (primary N) is 1. The molecule has 0 amide bonds. The number of ether oxygens (including phenoxy) is 3. The number of imidazole rings is 1. The minimum Gasteiger partial charge on any atom is -0.466 e. The number of aromatic amines is 1. The molecule has 0 aliphatic rings. The van der Waals surface area contributed by atoms with Crippen molar-refractivity contribution in [2.75, 3.05) is 26.1 Å². The van der Waals surface area contributed by atoms with Gasteiger partial charge < -0.3 is 25.3 Å². The van der Waals surface area contributed by atoms with E-state index in [0.29, 0.717) is 11.3 Å². The number of anilines is 1. The zero-order valence-electron chi connectivity index (χ0n) is 17.3. The number of rotatable bonds is 10. The van der Waals surface area contributed by atoms with Crippen LogP contribution in [0, 0.1) is 5.92 Å². The molecule has 164 valence electrons. The largest absolute Gasteiger partial charge is 0.466 e. The van der Waals surface area contributed by atoms with Crippen LogP contribution in [0.25, 0.3) is 11.2 Å². The van der Waals surface area contributed by atoms with Gasteiger partial charge in [-0.1, -0.05) is 13.8 Å². The molecule has 0 saturated carbocycles. The third-order valence-electron chi connectivity index (χ3n) is 4.03. The predicted molar refractivity (Wildman–Crippen MR) is 107 cm³/mol. The maximum atomic E-state index is 12.4. The van der Waals surface area contributed by atoms with Gasteiger partial charge in [0.2, 0.25) is 5.95 Å². The highest BCUT2D eigenvalue weighted by Crippen LogP contribution is 2.08. The monoisotopic (exact) mass is 422 g/mol. The molecule has 4 N–H and O–H groups in total. The molecular formula is C18H26N6O6. The van der Waals surface area contributed by atoms with Crippen molar-refractivity contribution in [2.24, 2.45) is 5.92 Å². The predicted octanol–water partition coefficient (Wildman–Crippen LogP) is -0.0899. The summed E-state index contributed by atoms with van der Waals surface area (Å²) in [5, 5.41) is 2.96. The number of esters is 2. The number of carbonyl (C=O) groups excluding carboxylic acids is 2. The average molecular weight is 422 g/mol. The zero-order chi connectivity index (χ0) is 22.3. The highest BCUT2D eigenvalue weighted by Gasteiger charge is 2.23. The SMILES string of the molecule is COC(=O)/C=C(\C)N[C@H](C(=O)OCCOCn1cnc2c(=O)[nH]c(N)nc21)C(C)C. The van der Waals surface area contributed by atoms with Gasteiger partial charge in [0.05, 0.1) is 20.0 Å². The summed E-state index contributed by atoms with van der Waals surface area (Å²) in [5.41, 5.74) is 6.04. The number of allylic oxidation sites excluding steroid dienone is 1. The van der Waals surface area contributed by atoms with Crippen LogP contribution in [0.3, 0.4) is 0 Å². The van der Waals surface area contributed by atoms with Gasteiger partial charge in [0.15, 0.2) is 11.2 Å². The Bertz CT molecular complexity index is 979. The maximum Gasteiger partial charge on any atom is 0.332 e. The first-order chi connectivity index (χ1) is 14.2. The molecule has 2 aromatic heterocycles. The first kappa shape index (κ1) is 22.9. The first-order valence-corrected chi connectivity index (χ1v) is 9.20. The number of carbonyl (C=O) groups is 2. The van der Waals surface area contributed by atoms with Gasteiger partial charge in [-0.25, -0.2) is 14.6 Å². The molecule has 0 unspecified atom stereocenters. The number of aromatic nitrogens is 4. The van der Waals surface area contributed by atoms with Crippen molar-refractivity contribution in [1.29, 1.82) is 0 Å². The van der Waals surface area contributed by atoms with E-state index in [2.05, 4.69) is 25.0 Å². The Morgan fingerprint density at radius 2 is 2.10 bits per heavy atom. The van der Waals surface area contributed by atoms with E-state index in [1.54, 1.807) is 6.92 Å². The van der Waals surface area contributed by atoms with Crippen LogP contribution in [0.2, 0.25) is 0 Å². The number of nitrogens with zero attached hydrogens (tertiary/aromatic N) is 3. The molecule has 30 heavy (non-hydrogen) atoms. The van der Waals surface area contributed by atoms with E-state index in [-0.39, 0.29) is 37.3 Å². The molecular weight excluding hydrogens is 396 g/mol. The van der Waals surface area contributed by atoms with Gasteiger partial charge in [0.1, 0.15) is 19.4 Å². The second-order valence-corrected chi connectivity index (χ2v) is 6.76. The van der Waals surface area contributed by atoms with Crippen molar-refractivity contribution in [2.45, 2.75) is 33.5 Å². The molecule has 0 radical (unpaired) electrons. The van der Waals surface area contributed by atoms with Crippen molar-refractivity contribution in [1.82, 2.24) is 24.8 Å². The van der Waals surface area contributed by atoms with Crippen molar-refractivity contribution in [3.05, 3.63) is 28.5 Å². The molecule has 2 heterocycles. The minimum absolute atomic E-state index is 0.0201. The summed E-state index contributed by atoms with van der Waals surface area (Å²) in [6.07, 6.45) is 2.67. The van der Waals surface area contributed by atoms with Crippen LogP contribution in [0.4, 0.5) is 5.95 Å². The van der Waals surface area contributed by atoms with E-state index < -0.39 is 23.5 Å². The van der Waals surface area contributed by atoms with Gasteiger partial charge in [0, 0.05) is 11.8 Å². The summed E-state index contributed by atoms with van der Waals surface area (Å²) in [7, 11) is 1.27. The van der Waals surface area contributed by atoms with E-state index in [1.807, 2.05) is 13.8 Å². The second kappa shape index (κ2) is 10.4. The maximum absolute atomic E-state index is 12.4. The van der Waals surface area contributed by atoms with Crippen molar-refractivity contribution < 1.29 is 23.8 Å². The lowest BCUT2D eigenvalue weighted by atomic mass is 10.0. The van der Waals surface area contributed by atoms with Gasteiger partial charge in [-0.05, 0) is 12.8 Å². The van der Waals surface area contributed by atoms with E-state index in [1.165, 1.54) is 24.1 Å². The molecule has 0 aromatic carbocycles. The van der Waals surface area contributed by atoms with Crippen LogP contribution < -0.4 is 16.6 Å². The normalized spacial score (nSPS) is 12.8. The average Bonchev–Trinajstić information content (AvgIpc) is 3.08. The first-order valence-electron chi connectivity index (χ1n) is 9.20. The molecule has 0 aliphatic carbocycles. The van der Waals surface area contributed by atoms with Crippen molar-refractivity contribution in [3.63, 3.8) is 0 Å². The number of methoxy groups -OCH3 is 1. The quantitative estimate of drug-likeness (QED) is 0.268. The summed E-state index contributed by atoms with van der Waals surface area (Å²) in [4.78, 5) is 45.8. The van der Waals surface area contributed by atoms with E-state index in [0.717, 1.165) is 0 Å². The van der Waals surface area contributed by atoms with E-state index >= 15 is 0 Å². The fourth-order valence-corrected chi connectivity index (χ4v) is 2.54. The van der Waals surface area contributed by atoms with Crippen LogP contribution in [0.5, 0.6) is 0 Å². The van der Waals surface area contributed by atoms with Gasteiger partial charge >= 0.3 is 11.9 Å². The molecule has 0 aliphatic heterocycles. The van der Waals surface area contributed by atoms with Crippen LogP contribution in [0.1, 0.15) is 20.8 Å². The third kappa shape index (κ3) is 6.04. The van der Waals surface area contributed by atoms with Gasteiger partial charge in [-0.15, -0.1) is 0 Å². The number of hydrogen-bond donors (Lipinski definition) is 3. The fraction of sp³-hybridized carbons (Fsp3) is 0.500. The molecule has 2 rings (SSSR count). The molecule has 2 aromatic rings. The lowest BCUT2D eigenvalue weighted by Crippen LogP contribution is -2.41. The Labute approximate surface area is 172 Å². The fourth-order valence-electron chi connectivity index (χ4n) is 2.54. The van der Waals surface area contributed by atoms with Crippen LogP contribution in [-0.2, 0) is 30.5 Å². The molecule has 12 heteroatoms. The smallest absolute Gasteiger partial charge is 0.332 e. The van der Waals surface area contributed by atoms with Gasteiger partial charge in [-0.3, -0.25) is 14.3 Å². The topological polar surface area (TPSA) is 163 Å². The van der Waals surface area contributed by atoms with Gasteiger partial charge in [-0.2, -0.15) is 4.98 Å². The van der Waals surface area contributed by atoms with E-state index in [4.69, 9.17) is 15.2 Å². The summed E-state index contributed by atoms with van der Waals surface area (Å²) in [6, 6.07) is -0.637. The van der Waals surface area contributed by atoms with Crippen molar-refractivity contribution >= 4 is 29.1 Å². The number of H-pyrrole nitrogens is 1. The summed E-state index contributed by atoms with van der Waals surface area (Å²) in [6.45, 7) is 5.55. The number of nitrogens with one attached hydrogen (secondary N) is 2. The Morgan fingerprint density at radius 3 is 2.77 bits per heavy atom.